The second-order valence-electron chi connectivity index (χ2n) is 3.66. The zero-order valence-corrected chi connectivity index (χ0v) is 10.5. The van der Waals surface area contributed by atoms with Crippen LogP contribution >= 0.6 is 11.8 Å². The standard InChI is InChI=1S/C12H10F3N3S/c13-12(14,15)8-4-5-10(17-7-8)19-11-3-1-2-9(6-16)18-11/h1-5,7H,6,16H2. The molecule has 19 heavy (non-hydrogen) atoms. The van der Waals surface area contributed by atoms with Crippen molar-refractivity contribution < 1.29 is 13.2 Å². The van der Waals surface area contributed by atoms with Crippen LogP contribution in [0.1, 0.15) is 11.3 Å². The maximum Gasteiger partial charge on any atom is 0.417 e. The van der Waals surface area contributed by atoms with Crippen molar-refractivity contribution in [2.24, 2.45) is 5.73 Å². The fraction of sp³-hybridized carbons (Fsp3) is 0.167. The number of nitrogens with two attached hydrogens (primary N) is 1. The van der Waals surface area contributed by atoms with E-state index >= 15 is 0 Å². The molecule has 2 heterocycles. The Balaban J connectivity index is 2.15. The second kappa shape index (κ2) is 5.58. The summed E-state index contributed by atoms with van der Waals surface area (Å²) >= 11 is 1.19. The van der Waals surface area contributed by atoms with Gasteiger partial charge < -0.3 is 5.73 Å². The van der Waals surface area contributed by atoms with Crippen molar-refractivity contribution in [2.45, 2.75) is 22.8 Å². The van der Waals surface area contributed by atoms with E-state index in [9.17, 15) is 13.2 Å². The number of nitrogens with zero attached hydrogens (tertiary/aromatic N) is 2. The van der Waals surface area contributed by atoms with E-state index in [1.165, 1.54) is 17.8 Å². The number of alkyl halides is 3. The summed E-state index contributed by atoms with van der Waals surface area (Å²) < 4.78 is 37.1. The molecule has 0 aliphatic carbocycles. The summed E-state index contributed by atoms with van der Waals surface area (Å²) in [5, 5.41) is 1.10. The smallest absolute Gasteiger partial charge is 0.325 e. The monoisotopic (exact) mass is 285 g/mol. The van der Waals surface area contributed by atoms with Crippen LogP contribution in [-0.2, 0) is 12.7 Å². The van der Waals surface area contributed by atoms with Gasteiger partial charge in [0.2, 0.25) is 0 Å². The molecule has 0 bridgehead atoms. The number of hydrogen-bond acceptors (Lipinski definition) is 4. The molecule has 0 fully saturated rings. The minimum atomic E-state index is -4.37. The SMILES string of the molecule is NCc1cccc(Sc2ccc(C(F)(F)F)cn2)n1. The first kappa shape index (κ1) is 13.8. The van der Waals surface area contributed by atoms with Gasteiger partial charge in [-0.3, -0.25) is 0 Å². The van der Waals surface area contributed by atoms with Crippen molar-refractivity contribution in [1.29, 1.82) is 0 Å². The highest BCUT2D eigenvalue weighted by atomic mass is 32.2. The van der Waals surface area contributed by atoms with Gasteiger partial charge in [0.25, 0.3) is 0 Å². The van der Waals surface area contributed by atoms with Crippen molar-refractivity contribution >= 4 is 11.8 Å². The van der Waals surface area contributed by atoms with E-state index in [0.29, 0.717) is 16.6 Å². The lowest BCUT2D eigenvalue weighted by molar-refractivity contribution is -0.137. The van der Waals surface area contributed by atoms with Crippen molar-refractivity contribution in [3.05, 3.63) is 47.8 Å². The first-order valence-corrected chi connectivity index (χ1v) is 6.18. The number of aromatic nitrogens is 2. The first-order valence-electron chi connectivity index (χ1n) is 5.36. The Morgan fingerprint density at radius 1 is 1.11 bits per heavy atom. The molecule has 0 radical (unpaired) electrons. The van der Waals surface area contributed by atoms with Crippen LogP contribution in [0.15, 0.2) is 46.6 Å². The summed E-state index contributed by atoms with van der Waals surface area (Å²) in [5.74, 6) is 0. The highest BCUT2D eigenvalue weighted by Gasteiger charge is 2.30. The summed E-state index contributed by atoms with van der Waals surface area (Å²) in [5.41, 5.74) is 5.42. The van der Waals surface area contributed by atoms with Gasteiger partial charge in [-0.25, -0.2) is 9.97 Å². The van der Waals surface area contributed by atoms with Crippen LogP contribution in [0.25, 0.3) is 0 Å². The Hall–Kier alpha value is -1.60. The predicted octanol–water partition coefficient (Wildman–Crippen LogP) is 3.11. The number of rotatable bonds is 3. The topological polar surface area (TPSA) is 51.8 Å². The summed E-state index contributed by atoms with van der Waals surface area (Å²) in [7, 11) is 0. The lowest BCUT2D eigenvalue weighted by Crippen LogP contribution is -2.05. The van der Waals surface area contributed by atoms with Crippen LogP contribution in [0.4, 0.5) is 13.2 Å². The fourth-order valence-corrected chi connectivity index (χ4v) is 2.11. The third kappa shape index (κ3) is 3.68. The predicted molar refractivity (Wildman–Crippen MR) is 65.5 cm³/mol. The van der Waals surface area contributed by atoms with E-state index in [1.54, 1.807) is 18.2 Å². The number of hydrogen-bond donors (Lipinski definition) is 1. The molecule has 7 heteroatoms. The van der Waals surface area contributed by atoms with Gasteiger partial charge in [-0.15, -0.1) is 0 Å². The molecular formula is C12H10F3N3S. The Kier molecular flexibility index (Phi) is 4.06. The Labute approximate surface area is 112 Å². The van der Waals surface area contributed by atoms with Crippen LogP contribution < -0.4 is 5.73 Å². The lowest BCUT2D eigenvalue weighted by atomic mass is 10.3. The molecule has 0 aliphatic rings. The molecule has 2 aromatic heterocycles. The maximum absolute atomic E-state index is 12.4. The van der Waals surface area contributed by atoms with Gasteiger partial charge in [-0.05, 0) is 24.3 Å². The van der Waals surface area contributed by atoms with Gasteiger partial charge >= 0.3 is 6.18 Å². The van der Waals surface area contributed by atoms with E-state index < -0.39 is 11.7 Å². The molecule has 3 nitrogen and oxygen atoms in total. The molecule has 0 saturated heterocycles. The molecule has 0 unspecified atom stereocenters. The van der Waals surface area contributed by atoms with Crippen molar-refractivity contribution in [3.8, 4) is 0 Å². The van der Waals surface area contributed by atoms with Crippen molar-refractivity contribution in [1.82, 2.24) is 9.97 Å². The Bertz CT molecular complexity index is 555. The molecule has 100 valence electrons. The highest BCUT2D eigenvalue weighted by Crippen LogP contribution is 2.30. The van der Waals surface area contributed by atoms with E-state index in [2.05, 4.69) is 9.97 Å². The quantitative estimate of drug-likeness (QED) is 0.941. The van der Waals surface area contributed by atoms with Gasteiger partial charge in [0.1, 0.15) is 10.1 Å². The van der Waals surface area contributed by atoms with Gasteiger partial charge in [0.15, 0.2) is 0 Å². The third-order valence-corrected chi connectivity index (χ3v) is 3.15. The Morgan fingerprint density at radius 3 is 2.47 bits per heavy atom. The minimum Gasteiger partial charge on any atom is -0.325 e. The third-order valence-electron chi connectivity index (χ3n) is 2.26. The second-order valence-corrected chi connectivity index (χ2v) is 4.70. The van der Waals surface area contributed by atoms with E-state index in [-0.39, 0.29) is 0 Å². The van der Waals surface area contributed by atoms with Crippen LogP contribution in [0.2, 0.25) is 0 Å². The highest BCUT2D eigenvalue weighted by molar-refractivity contribution is 7.99. The number of pyridine rings is 2. The molecule has 0 spiro atoms. The van der Waals surface area contributed by atoms with Gasteiger partial charge in [0, 0.05) is 12.7 Å². The zero-order chi connectivity index (χ0) is 13.9. The molecule has 0 atom stereocenters. The number of halogens is 3. The molecule has 2 N–H and O–H groups in total. The Morgan fingerprint density at radius 2 is 1.89 bits per heavy atom. The summed E-state index contributed by atoms with van der Waals surface area (Å²) in [6, 6.07) is 7.65. The van der Waals surface area contributed by atoms with Gasteiger partial charge in [0.05, 0.1) is 11.3 Å². The van der Waals surface area contributed by atoms with E-state index in [4.69, 9.17) is 5.73 Å². The fourth-order valence-electron chi connectivity index (χ4n) is 1.34. The normalized spacial score (nSPS) is 11.6. The van der Waals surface area contributed by atoms with Gasteiger partial charge in [-0.1, -0.05) is 17.8 Å². The summed E-state index contributed by atoms with van der Waals surface area (Å²) in [6.45, 7) is 0.314. The summed E-state index contributed by atoms with van der Waals surface area (Å²) in [6.07, 6.45) is -3.55. The molecule has 0 saturated carbocycles. The molecule has 0 aromatic carbocycles. The molecule has 2 rings (SSSR count). The first-order chi connectivity index (χ1) is 8.99. The van der Waals surface area contributed by atoms with E-state index in [1.807, 2.05) is 0 Å². The largest absolute Gasteiger partial charge is 0.417 e. The summed E-state index contributed by atoms with van der Waals surface area (Å²) in [4.78, 5) is 8.00. The molecule has 0 aliphatic heterocycles. The average molecular weight is 285 g/mol. The van der Waals surface area contributed by atoms with Crippen molar-refractivity contribution in [2.75, 3.05) is 0 Å². The van der Waals surface area contributed by atoms with E-state index in [0.717, 1.165) is 18.0 Å². The van der Waals surface area contributed by atoms with Crippen LogP contribution in [0.5, 0.6) is 0 Å². The van der Waals surface area contributed by atoms with Crippen LogP contribution in [0.3, 0.4) is 0 Å². The van der Waals surface area contributed by atoms with Crippen LogP contribution in [-0.4, -0.2) is 9.97 Å². The lowest BCUT2D eigenvalue weighted by Gasteiger charge is -2.06. The zero-order valence-electron chi connectivity index (χ0n) is 9.69. The maximum atomic E-state index is 12.4. The van der Waals surface area contributed by atoms with Gasteiger partial charge in [-0.2, -0.15) is 13.2 Å². The molecule has 2 aromatic rings. The molecule has 0 amide bonds. The van der Waals surface area contributed by atoms with Crippen molar-refractivity contribution in [3.63, 3.8) is 0 Å². The minimum absolute atomic E-state index is 0.314. The van der Waals surface area contributed by atoms with Crippen LogP contribution in [0, 0.1) is 0 Å². The average Bonchev–Trinajstić information content (AvgIpc) is 2.38. The molecular weight excluding hydrogens is 275 g/mol.